The molecule has 0 saturated carbocycles. The van der Waals surface area contributed by atoms with Crippen LogP contribution in [-0.2, 0) is 6.18 Å². The molecule has 0 fully saturated rings. The first-order valence-electron chi connectivity index (χ1n) is 8.21. The van der Waals surface area contributed by atoms with Crippen molar-refractivity contribution in [1.82, 2.24) is 0 Å². The van der Waals surface area contributed by atoms with E-state index in [0.29, 0.717) is 17.9 Å². The Hall–Kier alpha value is -3.00. The number of amidine groups is 1. The van der Waals surface area contributed by atoms with E-state index in [4.69, 9.17) is 17.3 Å². The van der Waals surface area contributed by atoms with Gasteiger partial charge in [0.05, 0.1) is 10.6 Å². The molecule has 0 aromatic heterocycles. The van der Waals surface area contributed by atoms with E-state index in [9.17, 15) is 18.0 Å². The van der Waals surface area contributed by atoms with Gasteiger partial charge in [-0.25, -0.2) is 9.79 Å². The van der Waals surface area contributed by atoms with E-state index in [2.05, 4.69) is 15.6 Å². The molecule has 2 aromatic carbocycles. The quantitative estimate of drug-likeness (QED) is 0.627. The van der Waals surface area contributed by atoms with Gasteiger partial charge >= 0.3 is 12.2 Å². The summed E-state index contributed by atoms with van der Waals surface area (Å²) in [6.45, 7) is 1.86. The molecule has 28 heavy (non-hydrogen) atoms. The molecule has 2 aromatic rings. The Morgan fingerprint density at radius 2 is 1.82 bits per heavy atom. The molecule has 1 heterocycles. The van der Waals surface area contributed by atoms with Crippen molar-refractivity contribution in [2.75, 3.05) is 10.6 Å². The number of nitrogens with zero attached hydrogens (tertiary/aromatic N) is 1. The van der Waals surface area contributed by atoms with Crippen molar-refractivity contribution in [2.24, 2.45) is 10.7 Å². The van der Waals surface area contributed by atoms with Crippen molar-refractivity contribution in [1.29, 1.82) is 0 Å². The van der Waals surface area contributed by atoms with Crippen LogP contribution in [0.5, 0.6) is 0 Å². The van der Waals surface area contributed by atoms with Crippen LogP contribution in [0.25, 0.3) is 5.57 Å². The predicted octanol–water partition coefficient (Wildman–Crippen LogP) is 5.49. The summed E-state index contributed by atoms with van der Waals surface area (Å²) in [6, 6.07) is 9.51. The van der Waals surface area contributed by atoms with Crippen molar-refractivity contribution >= 4 is 40.4 Å². The summed E-state index contributed by atoms with van der Waals surface area (Å²) in [5.41, 5.74) is 8.10. The Kier molecular flexibility index (Phi) is 5.33. The number of carbonyl (C=O) groups excluding carboxylic acids is 1. The highest BCUT2D eigenvalue weighted by atomic mass is 35.5. The molecule has 0 saturated heterocycles. The highest BCUT2D eigenvalue weighted by Gasteiger charge is 2.33. The zero-order chi connectivity index (χ0) is 20.5. The number of carbonyl (C=O) groups is 1. The van der Waals surface area contributed by atoms with E-state index in [1.165, 1.54) is 0 Å². The number of nitrogens with two attached hydrogens (primary N) is 1. The van der Waals surface area contributed by atoms with Crippen molar-refractivity contribution < 1.29 is 18.0 Å². The van der Waals surface area contributed by atoms with Gasteiger partial charge in [0.2, 0.25) is 0 Å². The average molecular weight is 409 g/mol. The van der Waals surface area contributed by atoms with Gasteiger partial charge in [-0.2, -0.15) is 13.2 Å². The zero-order valence-electron chi connectivity index (χ0n) is 14.7. The van der Waals surface area contributed by atoms with Crippen molar-refractivity contribution in [3.63, 3.8) is 0 Å². The number of nitrogens with one attached hydrogen (secondary N) is 2. The monoisotopic (exact) mass is 408 g/mol. The maximum atomic E-state index is 12.7. The fourth-order valence-electron chi connectivity index (χ4n) is 2.84. The molecule has 0 spiro atoms. The Bertz CT molecular complexity index is 999. The second-order valence-corrected chi connectivity index (χ2v) is 6.60. The summed E-state index contributed by atoms with van der Waals surface area (Å²) >= 11 is 5.66. The first-order valence-corrected chi connectivity index (χ1v) is 8.59. The topological polar surface area (TPSA) is 79.5 Å². The third kappa shape index (κ3) is 4.45. The number of allylic oxidation sites excluding steroid dienone is 1. The van der Waals surface area contributed by atoms with Crippen LogP contribution >= 0.6 is 11.6 Å². The molecule has 5 nitrogen and oxygen atoms in total. The largest absolute Gasteiger partial charge is 0.417 e. The van der Waals surface area contributed by atoms with Gasteiger partial charge < -0.3 is 16.4 Å². The highest BCUT2D eigenvalue weighted by Crippen LogP contribution is 2.36. The minimum atomic E-state index is -4.56. The molecule has 4 N–H and O–H groups in total. The molecule has 0 unspecified atom stereocenters. The average Bonchev–Trinajstić information content (AvgIpc) is 2.92. The van der Waals surface area contributed by atoms with Gasteiger partial charge in [-0.3, -0.25) is 0 Å². The number of rotatable bonds is 3. The Morgan fingerprint density at radius 1 is 1.14 bits per heavy atom. The van der Waals surface area contributed by atoms with E-state index in [1.54, 1.807) is 18.2 Å². The number of halogens is 4. The summed E-state index contributed by atoms with van der Waals surface area (Å²) in [5.74, 6) is 0.530. The minimum Gasteiger partial charge on any atom is -0.387 e. The van der Waals surface area contributed by atoms with Crippen molar-refractivity contribution in [3.8, 4) is 0 Å². The number of hydrogen-bond acceptors (Lipinski definition) is 3. The number of alkyl halides is 3. The van der Waals surface area contributed by atoms with Crippen LogP contribution in [0.15, 0.2) is 53.2 Å². The SMILES string of the molecule is CC1=C(c2cccc(NC(=O)Nc3ccc(C(F)(F)F)c(Cl)c3)c2)CC(N)=N1. The third-order valence-corrected chi connectivity index (χ3v) is 4.42. The smallest absolute Gasteiger partial charge is 0.387 e. The molecule has 146 valence electrons. The standard InChI is InChI=1S/C19H16ClF3N4O/c1-10-14(9-17(24)25-10)11-3-2-4-12(7-11)26-18(28)27-13-5-6-15(16(20)8-13)19(21,22)23/h2-8H,9H2,1H3,(H2,24,25)(H2,26,27,28). The molecule has 1 aliphatic rings. The summed E-state index contributed by atoms with van der Waals surface area (Å²) in [4.78, 5) is 16.4. The van der Waals surface area contributed by atoms with Gasteiger partial charge in [-0.15, -0.1) is 0 Å². The predicted molar refractivity (Wildman–Crippen MR) is 104 cm³/mol. The molecule has 3 rings (SSSR count). The lowest BCUT2D eigenvalue weighted by Crippen LogP contribution is -2.19. The summed E-state index contributed by atoms with van der Waals surface area (Å²) in [5, 5.41) is 4.60. The van der Waals surface area contributed by atoms with Gasteiger partial charge in [0, 0.05) is 23.5 Å². The molecular weight excluding hydrogens is 393 g/mol. The number of amides is 2. The first-order chi connectivity index (χ1) is 13.1. The maximum absolute atomic E-state index is 12.7. The van der Waals surface area contributed by atoms with E-state index >= 15 is 0 Å². The second-order valence-electron chi connectivity index (χ2n) is 6.20. The van der Waals surface area contributed by atoms with Crippen LogP contribution in [0, 0.1) is 0 Å². The van der Waals surface area contributed by atoms with E-state index < -0.39 is 22.8 Å². The van der Waals surface area contributed by atoms with Crippen molar-refractivity contribution in [2.45, 2.75) is 19.5 Å². The fraction of sp³-hybridized carbons (Fsp3) is 0.158. The van der Waals surface area contributed by atoms with Gasteiger partial charge in [0.1, 0.15) is 5.84 Å². The molecular formula is C19H16ClF3N4O. The second kappa shape index (κ2) is 7.55. The third-order valence-electron chi connectivity index (χ3n) is 4.11. The molecule has 2 amide bonds. The van der Waals surface area contributed by atoms with Crippen LogP contribution < -0.4 is 16.4 Å². The molecule has 0 bridgehead atoms. The van der Waals surface area contributed by atoms with Gasteiger partial charge in [0.15, 0.2) is 0 Å². The molecule has 0 radical (unpaired) electrons. The number of anilines is 2. The van der Waals surface area contributed by atoms with Crippen LogP contribution in [0.1, 0.15) is 24.5 Å². The Balaban J connectivity index is 1.70. The highest BCUT2D eigenvalue weighted by molar-refractivity contribution is 6.31. The zero-order valence-corrected chi connectivity index (χ0v) is 15.4. The molecule has 9 heteroatoms. The van der Waals surface area contributed by atoms with E-state index in [-0.39, 0.29) is 5.69 Å². The van der Waals surface area contributed by atoms with E-state index in [1.807, 2.05) is 13.0 Å². The van der Waals surface area contributed by atoms with Crippen LogP contribution in [-0.4, -0.2) is 11.9 Å². The van der Waals surface area contributed by atoms with Crippen LogP contribution in [0.2, 0.25) is 5.02 Å². The lowest BCUT2D eigenvalue weighted by atomic mass is 10.0. The van der Waals surface area contributed by atoms with Gasteiger partial charge in [0.25, 0.3) is 0 Å². The lowest BCUT2D eigenvalue weighted by molar-refractivity contribution is -0.137. The molecule has 0 atom stereocenters. The summed E-state index contributed by atoms with van der Waals surface area (Å²) < 4.78 is 38.2. The summed E-state index contributed by atoms with van der Waals surface area (Å²) in [6.07, 6.45) is -4.02. The first kappa shape index (κ1) is 19.8. The number of benzene rings is 2. The fourth-order valence-corrected chi connectivity index (χ4v) is 3.13. The maximum Gasteiger partial charge on any atom is 0.417 e. The normalized spacial score (nSPS) is 14.1. The number of urea groups is 1. The Labute approximate surface area is 164 Å². The van der Waals surface area contributed by atoms with Crippen LogP contribution in [0.4, 0.5) is 29.3 Å². The lowest BCUT2D eigenvalue weighted by Gasteiger charge is -2.12. The number of aliphatic imine (C=N–C) groups is 1. The van der Waals surface area contributed by atoms with Crippen LogP contribution in [0.3, 0.4) is 0 Å². The van der Waals surface area contributed by atoms with Crippen molar-refractivity contribution in [3.05, 3.63) is 64.3 Å². The molecule has 0 aliphatic carbocycles. The minimum absolute atomic E-state index is 0.141. The molecule has 1 aliphatic heterocycles. The Morgan fingerprint density at radius 3 is 2.39 bits per heavy atom. The summed E-state index contributed by atoms with van der Waals surface area (Å²) in [7, 11) is 0. The van der Waals surface area contributed by atoms with Gasteiger partial charge in [-0.1, -0.05) is 23.7 Å². The van der Waals surface area contributed by atoms with E-state index in [0.717, 1.165) is 35.0 Å². The number of hydrogen-bond donors (Lipinski definition) is 3. The van der Waals surface area contributed by atoms with Gasteiger partial charge in [-0.05, 0) is 48.4 Å².